The summed E-state index contributed by atoms with van der Waals surface area (Å²) in [6, 6.07) is 0. The average molecular weight is 181 g/mol. The van der Waals surface area contributed by atoms with E-state index < -0.39 is 0 Å². The lowest BCUT2D eigenvalue weighted by molar-refractivity contribution is 0.0143. The zero-order chi connectivity index (χ0) is 7.97. The molecule has 0 radical (unpaired) electrons. The predicted molar refractivity (Wildman–Crippen MR) is 51.8 cm³/mol. The second kappa shape index (κ2) is 2.33. The standard InChI is InChI=1S/C9H11NOS/c1-6-12(7-1)9-2-4-10(9)8-3-5-11-8/h1-6,8-9,12H,7H2. The van der Waals surface area contributed by atoms with E-state index in [1.54, 1.807) is 6.26 Å². The summed E-state index contributed by atoms with van der Waals surface area (Å²) < 4.78 is 5.26. The lowest BCUT2D eigenvalue weighted by Gasteiger charge is -2.47. The molecule has 3 rings (SSSR count). The normalized spacial score (nSPS) is 44.3. The van der Waals surface area contributed by atoms with Gasteiger partial charge in [0.2, 0.25) is 0 Å². The van der Waals surface area contributed by atoms with Crippen LogP contribution in [0.1, 0.15) is 0 Å². The first-order chi connectivity index (χ1) is 5.95. The van der Waals surface area contributed by atoms with Crippen molar-refractivity contribution in [3.63, 3.8) is 0 Å². The van der Waals surface area contributed by atoms with Crippen molar-refractivity contribution in [3.8, 4) is 0 Å². The van der Waals surface area contributed by atoms with Gasteiger partial charge in [0.15, 0.2) is 6.23 Å². The van der Waals surface area contributed by atoms with Gasteiger partial charge < -0.3 is 9.64 Å². The summed E-state index contributed by atoms with van der Waals surface area (Å²) in [6.07, 6.45) is 10.8. The molecule has 0 spiro atoms. The number of hydrogen-bond acceptors (Lipinski definition) is 2. The summed E-state index contributed by atoms with van der Waals surface area (Å²) in [5.74, 6) is 1.29. The molecule has 0 aromatic heterocycles. The minimum absolute atomic E-state index is 0.129. The summed E-state index contributed by atoms with van der Waals surface area (Å²) in [7, 11) is 0.129. The van der Waals surface area contributed by atoms with Crippen molar-refractivity contribution in [1.82, 2.24) is 4.90 Å². The highest BCUT2D eigenvalue weighted by atomic mass is 32.2. The third-order valence-corrected chi connectivity index (χ3v) is 4.79. The van der Waals surface area contributed by atoms with E-state index in [0.29, 0.717) is 5.37 Å². The number of hydrogen-bond donors (Lipinski definition) is 1. The fourth-order valence-electron chi connectivity index (χ4n) is 1.52. The van der Waals surface area contributed by atoms with E-state index in [1.807, 2.05) is 0 Å². The summed E-state index contributed by atoms with van der Waals surface area (Å²) in [5, 5.41) is 3.00. The molecule has 0 aromatic carbocycles. The van der Waals surface area contributed by atoms with Gasteiger partial charge in [0.05, 0.1) is 11.6 Å². The second-order valence-corrected chi connectivity index (χ2v) is 5.36. The molecule has 0 aliphatic carbocycles. The van der Waals surface area contributed by atoms with Crippen LogP contribution in [0.25, 0.3) is 0 Å². The van der Waals surface area contributed by atoms with Gasteiger partial charge in [0, 0.05) is 12.3 Å². The van der Waals surface area contributed by atoms with Crippen LogP contribution in [-0.2, 0) is 4.74 Å². The maximum absolute atomic E-state index is 5.26. The first kappa shape index (κ1) is 6.66. The summed E-state index contributed by atoms with van der Waals surface area (Å²) in [5.41, 5.74) is 0. The molecule has 3 atom stereocenters. The molecule has 2 nitrogen and oxygen atoms in total. The Hall–Kier alpha value is -0.830. The number of rotatable bonds is 2. The number of nitrogens with zero attached hydrogens (tertiary/aromatic N) is 1. The van der Waals surface area contributed by atoms with Crippen molar-refractivity contribution >= 4 is 10.9 Å². The van der Waals surface area contributed by atoms with Crippen molar-refractivity contribution < 1.29 is 4.74 Å². The van der Waals surface area contributed by atoms with Gasteiger partial charge in [-0.3, -0.25) is 0 Å². The summed E-state index contributed by atoms with van der Waals surface area (Å²) >= 11 is 0. The fourth-order valence-corrected chi connectivity index (χ4v) is 3.22. The molecule has 3 aliphatic rings. The first-order valence-corrected chi connectivity index (χ1v) is 5.82. The smallest absolute Gasteiger partial charge is 0.194 e. The van der Waals surface area contributed by atoms with Crippen molar-refractivity contribution in [2.45, 2.75) is 11.6 Å². The SMILES string of the molecule is C1=C[SH](C2C=CN2C2C=CO2)C1. The average Bonchev–Trinajstić information content (AvgIpc) is 1.84. The Morgan fingerprint density at radius 1 is 1.42 bits per heavy atom. The molecule has 3 unspecified atom stereocenters. The van der Waals surface area contributed by atoms with Crippen LogP contribution in [0.2, 0.25) is 0 Å². The van der Waals surface area contributed by atoms with Crippen LogP contribution >= 0.6 is 10.9 Å². The molecular formula is C9H11NOS. The molecule has 0 bridgehead atoms. The van der Waals surface area contributed by atoms with Crippen LogP contribution in [0, 0.1) is 0 Å². The fraction of sp³-hybridized carbons (Fsp3) is 0.333. The second-order valence-electron chi connectivity index (χ2n) is 3.14. The van der Waals surface area contributed by atoms with Gasteiger partial charge in [-0.25, -0.2) is 10.9 Å². The maximum Gasteiger partial charge on any atom is 0.194 e. The van der Waals surface area contributed by atoms with Gasteiger partial charge >= 0.3 is 0 Å². The molecule has 0 aromatic rings. The van der Waals surface area contributed by atoms with Gasteiger partial charge in [-0.1, -0.05) is 11.5 Å². The van der Waals surface area contributed by atoms with E-state index in [1.165, 1.54) is 5.75 Å². The van der Waals surface area contributed by atoms with Crippen LogP contribution < -0.4 is 0 Å². The molecule has 12 heavy (non-hydrogen) atoms. The zero-order valence-corrected chi connectivity index (χ0v) is 7.52. The Balaban J connectivity index is 1.70. The van der Waals surface area contributed by atoms with Gasteiger partial charge in [-0.05, 0) is 11.8 Å². The molecular weight excluding hydrogens is 170 g/mol. The van der Waals surface area contributed by atoms with Crippen molar-refractivity contribution in [1.29, 1.82) is 0 Å². The molecule has 3 heterocycles. The lowest BCUT2D eigenvalue weighted by atomic mass is 10.3. The Morgan fingerprint density at radius 2 is 2.25 bits per heavy atom. The third kappa shape index (κ3) is 0.771. The largest absolute Gasteiger partial charge is 0.474 e. The van der Waals surface area contributed by atoms with E-state index in [4.69, 9.17) is 4.74 Å². The van der Waals surface area contributed by atoms with E-state index >= 15 is 0 Å². The zero-order valence-electron chi connectivity index (χ0n) is 6.63. The molecule has 0 amide bonds. The van der Waals surface area contributed by atoms with Gasteiger partial charge in [0.1, 0.15) is 0 Å². The minimum Gasteiger partial charge on any atom is -0.474 e. The first-order valence-electron chi connectivity index (χ1n) is 4.15. The van der Waals surface area contributed by atoms with Gasteiger partial charge in [0.25, 0.3) is 0 Å². The molecule has 0 fully saturated rings. The topological polar surface area (TPSA) is 12.5 Å². The van der Waals surface area contributed by atoms with Crippen LogP contribution in [-0.4, -0.2) is 22.3 Å². The van der Waals surface area contributed by atoms with Crippen molar-refractivity contribution in [2.75, 3.05) is 5.75 Å². The molecule has 3 heteroatoms. The molecule has 0 saturated heterocycles. The molecule has 3 aliphatic heterocycles. The number of ether oxygens (including phenoxy) is 1. The van der Waals surface area contributed by atoms with E-state index in [0.717, 1.165) is 0 Å². The van der Waals surface area contributed by atoms with Crippen LogP contribution in [0.4, 0.5) is 0 Å². The quantitative estimate of drug-likeness (QED) is 0.649. The van der Waals surface area contributed by atoms with E-state index in [9.17, 15) is 0 Å². The van der Waals surface area contributed by atoms with E-state index in [2.05, 4.69) is 34.7 Å². The van der Waals surface area contributed by atoms with Crippen molar-refractivity contribution in [3.05, 3.63) is 36.1 Å². The lowest BCUT2D eigenvalue weighted by Crippen LogP contribution is -2.46. The maximum atomic E-state index is 5.26. The monoisotopic (exact) mass is 181 g/mol. The van der Waals surface area contributed by atoms with Gasteiger partial charge in [-0.2, -0.15) is 0 Å². The molecule has 0 N–H and O–H groups in total. The summed E-state index contributed by atoms with van der Waals surface area (Å²) in [4.78, 5) is 2.30. The Kier molecular flexibility index (Phi) is 1.29. The summed E-state index contributed by atoms with van der Waals surface area (Å²) in [6.45, 7) is 0. The van der Waals surface area contributed by atoms with Gasteiger partial charge in [-0.15, -0.1) is 0 Å². The Labute approximate surface area is 74.5 Å². The van der Waals surface area contributed by atoms with Crippen LogP contribution in [0.5, 0.6) is 0 Å². The predicted octanol–water partition coefficient (Wildman–Crippen LogP) is 1.54. The third-order valence-electron chi connectivity index (χ3n) is 2.44. The van der Waals surface area contributed by atoms with Crippen LogP contribution in [0.3, 0.4) is 0 Å². The number of thiol groups is 1. The Morgan fingerprint density at radius 3 is 2.58 bits per heavy atom. The molecule has 64 valence electrons. The Bertz CT molecular complexity index is 256. The van der Waals surface area contributed by atoms with Crippen LogP contribution in [0.15, 0.2) is 36.1 Å². The highest BCUT2D eigenvalue weighted by Crippen LogP contribution is 2.46. The molecule has 0 saturated carbocycles. The highest BCUT2D eigenvalue weighted by Gasteiger charge is 2.33. The highest BCUT2D eigenvalue weighted by molar-refractivity contribution is 8.21. The van der Waals surface area contributed by atoms with E-state index in [-0.39, 0.29) is 17.1 Å². The van der Waals surface area contributed by atoms with Crippen molar-refractivity contribution in [2.24, 2.45) is 0 Å². The minimum atomic E-state index is 0.129.